The molecule has 0 radical (unpaired) electrons. The average molecular weight is 522 g/mol. The fourth-order valence-electron chi connectivity index (χ4n) is 3.17. The second-order valence-electron chi connectivity index (χ2n) is 7.71. The number of fused-ring (bicyclic) bond motifs is 1. The first-order valence-electron chi connectivity index (χ1n) is 11.8. The first-order chi connectivity index (χ1) is 16.6. The van der Waals surface area contributed by atoms with Gasteiger partial charge < -0.3 is 15.2 Å². The minimum absolute atomic E-state index is 0.0917. The Morgan fingerprint density at radius 1 is 1.00 bits per heavy atom. The molecule has 0 aliphatic rings. The minimum atomic E-state index is -0.0917. The van der Waals surface area contributed by atoms with Gasteiger partial charge in [0.2, 0.25) is 0 Å². The van der Waals surface area contributed by atoms with E-state index >= 15 is 0 Å². The van der Waals surface area contributed by atoms with Crippen LogP contribution in [0.4, 0.5) is 0 Å². The molecule has 0 amide bonds. The van der Waals surface area contributed by atoms with Crippen molar-refractivity contribution in [1.29, 1.82) is 0 Å². The normalized spacial score (nSPS) is 10.1. The highest BCUT2D eigenvalue weighted by molar-refractivity contribution is 8.68. The van der Waals surface area contributed by atoms with Gasteiger partial charge in [-0.15, -0.1) is 23.0 Å². The first-order valence-corrected chi connectivity index (χ1v) is 14.7. The van der Waals surface area contributed by atoms with Gasteiger partial charge in [-0.05, 0) is 62.2 Å². The van der Waals surface area contributed by atoms with Crippen LogP contribution in [0.1, 0.15) is 49.8 Å². The molecule has 0 bridgehead atoms. The Balaban J connectivity index is 0.000000257. The highest BCUT2D eigenvalue weighted by Gasteiger charge is 1.98. The van der Waals surface area contributed by atoms with Crippen LogP contribution in [0.2, 0.25) is 0 Å². The molecule has 34 heavy (non-hydrogen) atoms. The van der Waals surface area contributed by atoms with E-state index in [0.717, 1.165) is 35.9 Å². The number of ether oxygens (including phenoxy) is 1. The Bertz CT molecular complexity index is 882. The third-order valence-electron chi connectivity index (χ3n) is 5.04. The van der Waals surface area contributed by atoms with Crippen LogP contribution in [-0.4, -0.2) is 37.5 Å². The number of phenols is 1. The number of hydrogen-bond donors (Lipinski definition) is 3. The molecule has 7 heteroatoms. The zero-order chi connectivity index (χ0) is 24.9. The van der Waals surface area contributed by atoms with Crippen LogP contribution in [0.15, 0.2) is 60.0 Å². The number of unbranched alkanes of at least 4 members (excludes halogenated alkanes) is 4. The van der Waals surface area contributed by atoms with E-state index < -0.39 is 0 Å². The van der Waals surface area contributed by atoms with Crippen molar-refractivity contribution >= 4 is 50.5 Å². The number of thiophene rings is 1. The van der Waals surface area contributed by atoms with Gasteiger partial charge in [0.15, 0.2) is 0 Å². The number of aromatic hydroxyl groups is 1. The predicted octanol–water partition coefficient (Wildman–Crippen LogP) is 7.52. The van der Waals surface area contributed by atoms with Gasteiger partial charge in [0.1, 0.15) is 5.75 Å². The molecule has 4 nitrogen and oxygen atoms in total. The summed E-state index contributed by atoms with van der Waals surface area (Å²) in [5.41, 5.74) is 0. The Morgan fingerprint density at radius 3 is 2.41 bits per heavy atom. The molecule has 0 atom stereocenters. The smallest absolute Gasteiger partial charge is 0.305 e. The monoisotopic (exact) mass is 521 g/mol. The van der Waals surface area contributed by atoms with Gasteiger partial charge in [-0.2, -0.15) is 0 Å². The number of hydrogen-bond acceptors (Lipinski definition) is 7. The van der Waals surface area contributed by atoms with Gasteiger partial charge >= 0.3 is 5.97 Å². The molecule has 1 aromatic heterocycles. The third kappa shape index (κ3) is 14.6. The van der Waals surface area contributed by atoms with Crippen molar-refractivity contribution in [1.82, 2.24) is 5.32 Å². The van der Waals surface area contributed by atoms with Gasteiger partial charge in [-0.25, -0.2) is 0 Å². The van der Waals surface area contributed by atoms with E-state index in [0.29, 0.717) is 12.2 Å². The summed E-state index contributed by atoms with van der Waals surface area (Å²) >= 11 is 5.90. The molecule has 2 N–H and O–H groups in total. The van der Waals surface area contributed by atoms with E-state index in [2.05, 4.69) is 39.2 Å². The standard InChI is InChI=1S/C10H8O.C9H18O2S2.C8H13NS/c11-10-7-3-5-8-4-1-2-6-9(8)10;1-11-9(10)7-5-3-2-4-6-8-13-12;1-9-6-2-4-8-5-3-7-10-8/h1-7,11H;12H,2-8H2,1H3;3,5,7,9H,2,4,6H2,1H3. The molecule has 0 unspecified atom stereocenters. The molecule has 0 fully saturated rings. The topological polar surface area (TPSA) is 58.6 Å². The van der Waals surface area contributed by atoms with E-state index in [1.807, 2.05) is 54.8 Å². The van der Waals surface area contributed by atoms with Crippen molar-refractivity contribution in [2.45, 2.75) is 51.4 Å². The Morgan fingerprint density at radius 2 is 1.74 bits per heavy atom. The zero-order valence-corrected chi connectivity index (χ0v) is 22.9. The summed E-state index contributed by atoms with van der Waals surface area (Å²) in [5, 5.41) is 16.6. The quantitative estimate of drug-likeness (QED) is 0.0995. The molecule has 0 saturated carbocycles. The van der Waals surface area contributed by atoms with Crippen LogP contribution < -0.4 is 5.32 Å². The molecular weight excluding hydrogens is 483 g/mol. The second kappa shape index (κ2) is 20.7. The van der Waals surface area contributed by atoms with E-state index in [1.165, 1.54) is 44.1 Å². The van der Waals surface area contributed by atoms with Gasteiger partial charge in [0.25, 0.3) is 0 Å². The van der Waals surface area contributed by atoms with Crippen molar-refractivity contribution < 1.29 is 14.6 Å². The summed E-state index contributed by atoms with van der Waals surface area (Å²) in [4.78, 5) is 12.2. The van der Waals surface area contributed by atoms with Crippen LogP contribution in [0.3, 0.4) is 0 Å². The number of rotatable bonds is 12. The number of methoxy groups -OCH3 is 1. The Kier molecular flexibility index (Phi) is 18.5. The maximum Gasteiger partial charge on any atom is 0.305 e. The van der Waals surface area contributed by atoms with Gasteiger partial charge in [-0.1, -0.05) is 72.5 Å². The number of benzene rings is 2. The summed E-state index contributed by atoms with van der Waals surface area (Å²) in [6, 6.07) is 17.6. The lowest BCUT2D eigenvalue weighted by molar-refractivity contribution is -0.140. The summed E-state index contributed by atoms with van der Waals surface area (Å²) in [7, 11) is 5.03. The minimum Gasteiger partial charge on any atom is -0.507 e. The van der Waals surface area contributed by atoms with Crippen molar-refractivity contribution in [2.24, 2.45) is 0 Å². The first kappa shape index (κ1) is 30.4. The number of nitrogens with one attached hydrogen (secondary N) is 1. The maximum absolute atomic E-state index is 10.7. The molecule has 0 spiro atoms. The van der Waals surface area contributed by atoms with Crippen molar-refractivity contribution in [2.75, 3.05) is 26.5 Å². The number of phenolic OH excluding ortho intramolecular Hbond substituents is 1. The molecule has 0 saturated heterocycles. The number of esters is 1. The summed E-state index contributed by atoms with van der Waals surface area (Å²) in [5.74, 6) is 1.38. The van der Waals surface area contributed by atoms with Crippen LogP contribution in [0.25, 0.3) is 10.8 Å². The molecule has 0 aliphatic carbocycles. The predicted molar refractivity (Wildman–Crippen MR) is 153 cm³/mol. The lowest BCUT2D eigenvalue weighted by Crippen LogP contribution is -2.07. The summed E-state index contributed by atoms with van der Waals surface area (Å²) < 4.78 is 4.54. The average Bonchev–Trinajstić information content (AvgIpc) is 3.38. The van der Waals surface area contributed by atoms with Crippen LogP contribution >= 0.6 is 33.8 Å². The van der Waals surface area contributed by atoms with Crippen LogP contribution in [-0.2, 0) is 16.0 Å². The summed E-state index contributed by atoms with van der Waals surface area (Å²) in [6.07, 6.45) is 8.81. The SMILES string of the molecule is CNCCCc1cccs1.COC(=O)CCCCCCCSS.Oc1cccc2ccccc12. The molecule has 3 rings (SSSR count). The fraction of sp³-hybridized carbons (Fsp3) is 0.444. The molecule has 188 valence electrons. The summed E-state index contributed by atoms with van der Waals surface area (Å²) in [6.45, 7) is 1.12. The van der Waals surface area contributed by atoms with Crippen LogP contribution in [0, 0.1) is 0 Å². The molecule has 0 aliphatic heterocycles. The van der Waals surface area contributed by atoms with Gasteiger partial charge in [0.05, 0.1) is 7.11 Å². The second-order valence-corrected chi connectivity index (χ2v) is 10.2. The van der Waals surface area contributed by atoms with E-state index in [4.69, 9.17) is 0 Å². The lowest BCUT2D eigenvalue weighted by Gasteiger charge is -1.99. The molecular formula is C27H39NO3S3. The van der Waals surface area contributed by atoms with Gasteiger partial charge in [0, 0.05) is 22.4 Å². The van der Waals surface area contributed by atoms with Gasteiger partial charge in [-0.3, -0.25) is 4.79 Å². The zero-order valence-electron chi connectivity index (χ0n) is 20.4. The Hall–Kier alpha value is -1.67. The number of carbonyl (C=O) groups is 1. The largest absolute Gasteiger partial charge is 0.507 e. The van der Waals surface area contributed by atoms with Crippen molar-refractivity contribution in [3.8, 4) is 5.75 Å². The maximum atomic E-state index is 10.7. The molecule has 1 heterocycles. The third-order valence-corrected chi connectivity index (χ3v) is 7.00. The highest BCUT2D eigenvalue weighted by atomic mass is 33.1. The molecule has 3 aromatic rings. The van der Waals surface area contributed by atoms with E-state index in [9.17, 15) is 9.90 Å². The Labute approximate surface area is 218 Å². The lowest BCUT2D eigenvalue weighted by atomic mass is 10.1. The van der Waals surface area contributed by atoms with E-state index in [1.54, 1.807) is 16.9 Å². The highest BCUT2D eigenvalue weighted by Crippen LogP contribution is 2.23. The number of thiol groups is 1. The molecule has 2 aromatic carbocycles. The van der Waals surface area contributed by atoms with Crippen LogP contribution in [0.5, 0.6) is 5.75 Å². The fourth-order valence-corrected chi connectivity index (χ4v) is 4.64. The van der Waals surface area contributed by atoms with E-state index in [-0.39, 0.29) is 5.97 Å². The van der Waals surface area contributed by atoms with Crippen molar-refractivity contribution in [3.63, 3.8) is 0 Å². The number of carbonyl (C=O) groups excluding carboxylic acids is 1. The number of aryl methyl sites for hydroxylation is 1. The van der Waals surface area contributed by atoms with Crippen molar-refractivity contribution in [3.05, 3.63) is 64.9 Å².